The lowest BCUT2D eigenvalue weighted by Crippen LogP contribution is -2.05. The maximum atomic E-state index is 5.91. The van der Waals surface area contributed by atoms with Crippen LogP contribution in [0.4, 0.5) is 5.95 Å². The van der Waals surface area contributed by atoms with Gasteiger partial charge < -0.3 is 15.0 Å². The van der Waals surface area contributed by atoms with Crippen LogP contribution in [0.15, 0.2) is 22.7 Å². The third-order valence-corrected chi connectivity index (χ3v) is 2.80. The molecule has 2 N–H and O–H groups in total. The van der Waals surface area contributed by atoms with Crippen molar-refractivity contribution in [1.29, 1.82) is 0 Å². The zero-order valence-electron chi connectivity index (χ0n) is 10.6. The first kappa shape index (κ1) is 11.5. The summed E-state index contributed by atoms with van der Waals surface area (Å²) in [6.45, 7) is 2.30. The molecule has 7 heteroatoms. The summed E-state index contributed by atoms with van der Waals surface area (Å²) in [7, 11) is 1.57. The van der Waals surface area contributed by atoms with E-state index in [2.05, 4.69) is 15.1 Å². The summed E-state index contributed by atoms with van der Waals surface area (Å²) < 4.78 is 12.1. The summed E-state index contributed by atoms with van der Waals surface area (Å²) in [6, 6.07) is 5.42. The molecule has 3 heterocycles. The zero-order valence-corrected chi connectivity index (χ0v) is 10.6. The van der Waals surface area contributed by atoms with E-state index in [4.69, 9.17) is 15.0 Å². The Morgan fingerprint density at radius 1 is 1.37 bits per heavy atom. The van der Waals surface area contributed by atoms with E-state index < -0.39 is 0 Å². The van der Waals surface area contributed by atoms with Gasteiger partial charge in [0.2, 0.25) is 11.8 Å². The number of hydrogen-bond acceptors (Lipinski definition) is 6. The Bertz CT molecular complexity index is 731. The molecule has 0 fully saturated rings. The highest BCUT2D eigenvalue weighted by Gasteiger charge is 2.13. The molecule has 19 heavy (non-hydrogen) atoms. The first-order valence-corrected chi connectivity index (χ1v) is 5.76. The Hall–Kier alpha value is -2.57. The Balaban J connectivity index is 2.08. The second kappa shape index (κ2) is 4.27. The summed E-state index contributed by atoms with van der Waals surface area (Å²) in [5.41, 5.74) is 8.11. The number of anilines is 1. The molecule has 0 saturated heterocycles. The summed E-state index contributed by atoms with van der Waals surface area (Å²) in [6.07, 6.45) is 0. The van der Waals surface area contributed by atoms with Crippen LogP contribution in [-0.4, -0.2) is 26.8 Å². The summed E-state index contributed by atoms with van der Waals surface area (Å²) >= 11 is 0. The highest BCUT2D eigenvalue weighted by Crippen LogP contribution is 2.20. The van der Waals surface area contributed by atoms with Gasteiger partial charge in [0.1, 0.15) is 5.52 Å². The second-order valence-electron chi connectivity index (χ2n) is 4.19. The van der Waals surface area contributed by atoms with Crippen LogP contribution in [0.3, 0.4) is 0 Å². The third kappa shape index (κ3) is 1.99. The lowest BCUT2D eigenvalue weighted by atomic mass is 10.4. The van der Waals surface area contributed by atoms with Crippen LogP contribution < -0.4 is 10.5 Å². The number of nitrogen functional groups attached to an aromatic ring is 1. The fourth-order valence-corrected chi connectivity index (χ4v) is 1.92. The van der Waals surface area contributed by atoms with E-state index >= 15 is 0 Å². The van der Waals surface area contributed by atoms with E-state index in [0.717, 1.165) is 11.2 Å². The van der Waals surface area contributed by atoms with E-state index in [0.29, 0.717) is 29.8 Å². The molecule has 0 aliphatic heterocycles. The van der Waals surface area contributed by atoms with Gasteiger partial charge in [-0.3, -0.25) is 4.57 Å². The third-order valence-electron chi connectivity index (χ3n) is 2.80. The van der Waals surface area contributed by atoms with Crippen molar-refractivity contribution in [3.05, 3.63) is 29.7 Å². The number of nitrogens with zero attached hydrogens (tertiary/aromatic N) is 4. The van der Waals surface area contributed by atoms with Crippen LogP contribution in [0.2, 0.25) is 0 Å². The van der Waals surface area contributed by atoms with Crippen molar-refractivity contribution in [3.8, 4) is 5.88 Å². The molecule has 98 valence electrons. The van der Waals surface area contributed by atoms with Crippen molar-refractivity contribution < 1.29 is 9.26 Å². The van der Waals surface area contributed by atoms with Crippen LogP contribution >= 0.6 is 0 Å². The van der Waals surface area contributed by atoms with E-state index in [1.54, 1.807) is 17.7 Å². The number of nitrogens with two attached hydrogens (primary N) is 1. The molecule has 3 rings (SSSR count). The quantitative estimate of drug-likeness (QED) is 0.763. The predicted molar refractivity (Wildman–Crippen MR) is 68.8 cm³/mol. The highest BCUT2D eigenvalue weighted by atomic mass is 16.5. The SMILES string of the molecule is COc1ccc2nc(N)n(Cc3cc(C)no3)c2n1. The van der Waals surface area contributed by atoms with Crippen molar-refractivity contribution in [1.82, 2.24) is 19.7 Å². The van der Waals surface area contributed by atoms with Gasteiger partial charge in [0.15, 0.2) is 11.4 Å². The van der Waals surface area contributed by atoms with E-state index in [1.165, 1.54) is 0 Å². The average molecular weight is 259 g/mol. The van der Waals surface area contributed by atoms with Crippen LogP contribution in [-0.2, 0) is 6.54 Å². The normalized spacial score (nSPS) is 11.1. The van der Waals surface area contributed by atoms with Crippen LogP contribution in [0.5, 0.6) is 5.88 Å². The van der Waals surface area contributed by atoms with Gasteiger partial charge >= 0.3 is 0 Å². The predicted octanol–water partition coefficient (Wildman–Crippen LogP) is 1.37. The Morgan fingerprint density at radius 3 is 2.89 bits per heavy atom. The van der Waals surface area contributed by atoms with Gasteiger partial charge in [0.05, 0.1) is 19.3 Å². The van der Waals surface area contributed by atoms with Crippen molar-refractivity contribution in [2.45, 2.75) is 13.5 Å². The Morgan fingerprint density at radius 2 is 2.21 bits per heavy atom. The monoisotopic (exact) mass is 259 g/mol. The maximum Gasteiger partial charge on any atom is 0.215 e. The van der Waals surface area contributed by atoms with Crippen LogP contribution in [0.1, 0.15) is 11.5 Å². The molecule has 0 spiro atoms. The second-order valence-corrected chi connectivity index (χ2v) is 4.19. The number of ether oxygens (including phenoxy) is 1. The van der Waals surface area contributed by atoms with Crippen LogP contribution in [0.25, 0.3) is 11.2 Å². The average Bonchev–Trinajstić information content (AvgIpc) is 2.94. The first-order chi connectivity index (χ1) is 9.17. The van der Waals surface area contributed by atoms with Crippen molar-refractivity contribution in [2.75, 3.05) is 12.8 Å². The van der Waals surface area contributed by atoms with Crippen molar-refractivity contribution >= 4 is 17.1 Å². The molecular weight excluding hydrogens is 246 g/mol. The number of hydrogen-bond donors (Lipinski definition) is 1. The Labute approximate surface area is 109 Å². The lowest BCUT2D eigenvalue weighted by molar-refractivity contribution is 0.374. The first-order valence-electron chi connectivity index (χ1n) is 5.76. The minimum absolute atomic E-state index is 0.379. The fraction of sp³-hybridized carbons (Fsp3) is 0.250. The van der Waals surface area contributed by atoms with Crippen LogP contribution in [0, 0.1) is 6.92 Å². The Kier molecular flexibility index (Phi) is 2.59. The van der Waals surface area contributed by atoms with Gasteiger partial charge in [0, 0.05) is 12.1 Å². The number of imidazole rings is 1. The molecule has 0 bridgehead atoms. The minimum Gasteiger partial charge on any atom is -0.481 e. The lowest BCUT2D eigenvalue weighted by Gasteiger charge is -2.03. The van der Waals surface area contributed by atoms with Gasteiger partial charge in [0.25, 0.3) is 0 Å². The molecule has 0 radical (unpaired) electrons. The van der Waals surface area contributed by atoms with Gasteiger partial charge in [-0.05, 0) is 13.0 Å². The number of aryl methyl sites for hydroxylation is 1. The van der Waals surface area contributed by atoms with E-state index in [-0.39, 0.29) is 0 Å². The molecule has 0 unspecified atom stereocenters. The minimum atomic E-state index is 0.379. The molecule has 3 aromatic heterocycles. The number of pyridine rings is 1. The molecule has 7 nitrogen and oxygen atoms in total. The maximum absolute atomic E-state index is 5.91. The molecule has 0 aromatic carbocycles. The fourth-order valence-electron chi connectivity index (χ4n) is 1.92. The standard InChI is InChI=1S/C12H13N5O2/c1-7-5-8(19-16-7)6-17-11-9(14-12(17)13)3-4-10(15-11)18-2/h3-5H,6H2,1-2H3,(H2,13,14). The summed E-state index contributed by atoms with van der Waals surface area (Å²) in [5.74, 6) is 1.60. The number of rotatable bonds is 3. The molecule has 0 aliphatic carbocycles. The molecule has 0 saturated carbocycles. The van der Waals surface area contributed by atoms with E-state index in [9.17, 15) is 0 Å². The van der Waals surface area contributed by atoms with E-state index in [1.807, 2.05) is 19.1 Å². The molecule has 0 amide bonds. The number of aromatic nitrogens is 4. The number of methoxy groups -OCH3 is 1. The van der Waals surface area contributed by atoms with Gasteiger partial charge in [-0.25, -0.2) is 4.98 Å². The zero-order chi connectivity index (χ0) is 13.4. The summed E-state index contributed by atoms with van der Waals surface area (Å²) in [4.78, 5) is 8.61. The summed E-state index contributed by atoms with van der Waals surface area (Å²) in [5, 5.41) is 3.85. The number of fused-ring (bicyclic) bond motifs is 1. The highest BCUT2D eigenvalue weighted by molar-refractivity contribution is 5.74. The van der Waals surface area contributed by atoms with Crippen molar-refractivity contribution in [2.24, 2.45) is 0 Å². The molecule has 0 atom stereocenters. The van der Waals surface area contributed by atoms with Gasteiger partial charge in [-0.2, -0.15) is 4.98 Å². The van der Waals surface area contributed by atoms with Crippen molar-refractivity contribution in [3.63, 3.8) is 0 Å². The molecule has 0 aliphatic rings. The largest absolute Gasteiger partial charge is 0.481 e. The van der Waals surface area contributed by atoms with Gasteiger partial charge in [-0.1, -0.05) is 5.16 Å². The van der Waals surface area contributed by atoms with Gasteiger partial charge in [-0.15, -0.1) is 0 Å². The molecular formula is C12H13N5O2. The molecule has 3 aromatic rings. The smallest absolute Gasteiger partial charge is 0.215 e. The topological polar surface area (TPSA) is 92.0 Å².